The van der Waals surface area contributed by atoms with E-state index >= 15 is 0 Å². The molecular formula is C13H20BrFN2O. The smallest absolute Gasteiger partial charge is 0.139 e. The van der Waals surface area contributed by atoms with Crippen molar-refractivity contribution in [1.29, 1.82) is 0 Å². The lowest BCUT2D eigenvalue weighted by Gasteiger charge is -2.33. The van der Waals surface area contributed by atoms with Gasteiger partial charge in [0.1, 0.15) is 5.82 Å². The van der Waals surface area contributed by atoms with Crippen LogP contribution < -0.4 is 10.6 Å². The molecule has 0 aliphatic carbocycles. The van der Waals surface area contributed by atoms with Crippen LogP contribution in [0.1, 0.15) is 26.7 Å². The molecule has 18 heavy (non-hydrogen) atoms. The largest absolute Gasteiger partial charge is 0.397 e. The van der Waals surface area contributed by atoms with Crippen molar-refractivity contribution in [2.45, 2.75) is 32.7 Å². The van der Waals surface area contributed by atoms with E-state index < -0.39 is 0 Å². The minimum absolute atomic E-state index is 0.0466. The summed E-state index contributed by atoms with van der Waals surface area (Å²) in [7, 11) is 0. The summed E-state index contributed by atoms with van der Waals surface area (Å²) in [6.07, 6.45) is 1.90. The standard InChI is InChI=1S/C13H20BrFN2O/c1-3-9(4-2)17(5-6-18)13-7-10(14)11(15)8-12(13)16/h7-9,18H,3-6,16H2,1-2H3. The van der Waals surface area contributed by atoms with Crippen LogP contribution in [0, 0.1) is 5.82 Å². The second kappa shape index (κ2) is 6.95. The maximum absolute atomic E-state index is 13.4. The normalized spacial score (nSPS) is 11.0. The van der Waals surface area contributed by atoms with Gasteiger partial charge < -0.3 is 15.7 Å². The van der Waals surface area contributed by atoms with Crippen LogP contribution in [0.5, 0.6) is 0 Å². The Labute approximate surface area is 116 Å². The minimum Gasteiger partial charge on any atom is -0.397 e. The van der Waals surface area contributed by atoms with Crippen molar-refractivity contribution in [2.24, 2.45) is 0 Å². The summed E-state index contributed by atoms with van der Waals surface area (Å²) in [4.78, 5) is 2.04. The van der Waals surface area contributed by atoms with E-state index in [9.17, 15) is 9.50 Å². The molecule has 1 aromatic rings. The lowest BCUT2D eigenvalue weighted by atomic mass is 10.1. The number of hydrogen-bond acceptors (Lipinski definition) is 3. The summed E-state index contributed by atoms with van der Waals surface area (Å²) in [5, 5.41) is 9.18. The molecule has 0 atom stereocenters. The molecule has 1 rings (SSSR count). The molecule has 0 aliphatic rings. The zero-order chi connectivity index (χ0) is 13.7. The van der Waals surface area contributed by atoms with E-state index in [1.807, 2.05) is 4.90 Å². The molecule has 0 radical (unpaired) electrons. The van der Waals surface area contributed by atoms with Crippen LogP contribution in [0.15, 0.2) is 16.6 Å². The van der Waals surface area contributed by atoms with Gasteiger partial charge in [-0.05, 0) is 34.8 Å². The molecule has 5 heteroatoms. The Morgan fingerprint density at radius 1 is 1.39 bits per heavy atom. The summed E-state index contributed by atoms with van der Waals surface area (Å²) in [6, 6.07) is 3.28. The first-order valence-electron chi connectivity index (χ1n) is 6.17. The lowest BCUT2D eigenvalue weighted by Crippen LogP contribution is -2.37. The summed E-state index contributed by atoms with van der Waals surface area (Å²) in [6.45, 7) is 4.72. The predicted octanol–water partition coefficient (Wildman–Crippen LogP) is 3.16. The third-order valence-electron chi connectivity index (χ3n) is 3.10. The van der Waals surface area contributed by atoms with Crippen LogP contribution in [0.25, 0.3) is 0 Å². The quantitative estimate of drug-likeness (QED) is 0.792. The fourth-order valence-electron chi connectivity index (χ4n) is 2.14. The SMILES string of the molecule is CCC(CC)N(CCO)c1cc(Br)c(F)cc1N. The molecular weight excluding hydrogens is 299 g/mol. The highest BCUT2D eigenvalue weighted by molar-refractivity contribution is 9.10. The van der Waals surface area contributed by atoms with Gasteiger partial charge in [-0.15, -0.1) is 0 Å². The highest BCUT2D eigenvalue weighted by atomic mass is 79.9. The molecule has 3 nitrogen and oxygen atoms in total. The van der Waals surface area contributed by atoms with Gasteiger partial charge in [-0.1, -0.05) is 13.8 Å². The lowest BCUT2D eigenvalue weighted by molar-refractivity contribution is 0.296. The van der Waals surface area contributed by atoms with Crippen LogP contribution in [0.4, 0.5) is 15.8 Å². The summed E-state index contributed by atoms with van der Waals surface area (Å²) < 4.78 is 13.8. The minimum atomic E-state index is -0.371. The van der Waals surface area contributed by atoms with Crippen LogP contribution >= 0.6 is 15.9 Å². The average Bonchev–Trinajstić information content (AvgIpc) is 2.34. The Balaban J connectivity index is 3.16. The van der Waals surface area contributed by atoms with Crippen molar-refractivity contribution in [3.63, 3.8) is 0 Å². The van der Waals surface area contributed by atoms with Crippen molar-refractivity contribution in [2.75, 3.05) is 23.8 Å². The predicted molar refractivity (Wildman–Crippen MR) is 77.3 cm³/mol. The Hall–Kier alpha value is -0.810. The Bertz CT molecular complexity index is 397. The zero-order valence-electron chi connectivity index (χ0n) is 10.8. The van der Waals surface area contributed by atoms with Gasteiger partial charge in [0, 0.05) is 18.7 Å². The van der Waals surface area contributed by atoms with Crippen molar-refractivity contribution < 1.29 is 9.50 Å². The number of hydrogen-bond donors (Lipinski definition) is 2. The molecule has 0 heterocycles. The molecule has 0 amide bonds. The number of nitrogens with two attached hydrogens (primary N) is 1. The number of nitrogen functional groups attached to an aromatic ring is 1. The number of anilines is 2. The first-order valence-corrected chi connectivity index (χ1v) is 6.96. The number of halogens is 2. The van der Waals surface area contributed by atoms with Gasteiger partial charge in [0.2, 0.25) is 0 Å². The van der Waals surface area contributed by atoms with E-state index in [1.165, 1.54) is 6.07 Å². The van der Waals surface area contributed by atoms with Crippen LogP contribution in [0.2, 0.25) is 0 Å². The second-order valence-corrected chi connectivity index (χ2v) is 5.07. The third-order valence-corrected chi connectivity index (χ3v) is 3.71. The summed E-state index contributed by atoms with van der Waals surface area (Å²) in [5.74, 6) is -0.371. The number of aliphatic hydroxyl groups is 1. The molecule has 0 bridgehead atoms. The number of benzene rings is 1. The van der Waals surface area contributed by atoms with E-state index in [0.717, 1.165) is 18.5 Å². The molecule has 0 aromatic heterocycles. The van der Waals surface area contributed by atoms with E-state index in [4.69, 9.17) is 5.73 Å². The van der Waals surface area contributed by atoms with Crippen molar-refractivity contribution >= 4 is 27.3 Å². The molecule has 0 saturated heterocycles. The van der Waals surface area contributed by atoms with Gasteiger partial charge in [0.25, 0.3) is 0 Å². The number of aliphatic hydroxyl groups excluding tert-OH is 1. The van der Waals surface area contributed by atoms with Gasteiger partial charge in [-0.25, -0.2) is 4.39 Å². The van der Waals surface area contributed by atoms with Gasteiger partial charge >= 0.3 is 0 Å². The molecule has 0 unspecified atom stereocenters. The van der Waals surface area contributed by atoms with Gasteiger partial charge in [-0.2, -0.15) is 0 Å². The molecule has 3 N–H and O–H groups in total. The summed E-state index contributed by atoms with van der Waals surface area (Å²) in [5.41, 5.74) is 7.05. The van der Waals surface area contributed by atoms with Crippen molar-refractivity contribution in [3.05, 3.63) is 22.4 Å². The first kappa shape index (κ1) is 15.2. The molecule has 0 spiro atoms. The van der Waals surface area contributed by atoms with Crippen LogP contribution in [-0.2, 0) is 0 Å². The van der Waals surface area contributed by atoms with E-state index in [1.54, 1.807) is 6.07 Å². The van der Waals surface area contributed by atoms with Gasteiger partial charge in [0.15, 0.2) is 0 Å². The Kier molecular flexibility index (Phi) is 5.88. The number of rotatable bonds is 6. The second-order valence-electron chi connectivity index (χ2n) is 4.21. The maximum Gasteiger partial charge on any atom is 0.139 e. The van der Waals surface area contributed by atoms with Gasteiger partial charge in [0.05, 0.1) is 22.5 Å². The van der Waals surface area contributed by atoms with Crippen LogP contribution in [-0.4, -0.2) is 24.3 Å². The first-order chi connectivity index (χ1) is 8.54. The molecule has 1 aromatic carbocycles. The highest BCUT2D eigenvalue weighted by Gasteiger charge is 2.19. The van der Waals surface area contributed by atoms with Crippen LogP contribution in [0.3, 0.4) is 0 Å². The zero-order valence-corrected chi connectivity index (χ0v) is 12.4. The molecule has 0 saturated carbocycles. The molecule has 102 valence electrons. The Morgan fingerprint density at radius 2 is 2.00 bits per heavy atom. The highest BCUT2D eigenvalue weighted by Crippen LogP contribution is 2.31. The monoisotopic (exact) mass is 318 g/mol. The van der Waals surface area contributed by atoms with E-state index in [2.05, 4.69) is 29.8 Å². The maximum atomic E-state index is 13.4. The van der Waals surface area contributed by atoms with Gasteiger partial charge in [-0.3, -0.25) is 0 Å². The van der Waals surface area contributed by atoms with E-state index in [-0.39, 0.29) is 18.5 Å². The van der Waals surface area contributed by atoms with Crippen molar-refractivity contribution in [1.82, 2.24) is 0 Å². The fourth-order valence-corrected chi connectivity index (χ4v) is 2.47. The van der Waals surface area contributed by atoms with Crippen molar-refractivity contribution in [3.8, 4) is 0 Å². The average molecular weight is 319 g/mol. The fraction of sp³-hybridized carbons (Fsp3) is 0.538. The molecule has 0 fully saturated rings. The van der Waals surface area contributed by atoms with E-state index in [0.29, 0.717) is 16.7 Å². The summed E-state index contributed by atoms with van der Waals surface area (Å²) >= 11 is 3.17. The topological polar surface area (TPSA) is 49.5 Å². The molecule has 0 aliphatic heterocycles. The number of nitrogens with zero attached hydrogens (tertiary/aromatic N) is 1. The Morgan fingerprint density at radius 3 is 2.50 bits per heavy atom. The third kappa shape index (κ3) is 3.36.